The number of sulfone groups is 3. The van der Waals surface area contributed by atoms with Crippen LogP contribution in [0.4, 0.5) is 5.69 Å². The number of phosphoric ester groups is 3. The largest absolute Gasteiger partial charge is 0.469 e. The first kappa shape index (κ1) is 40.7. The molecule has 4 rings (SSSR count). The van der Waals surface area contributed by atoms with Crippen LogP contribution in [-0.2, 0) is 56.8 Å². The monoisotopic (exact) mass is 823 g/mol. The van der Waals surface area contributed by atoms with Crippen molar-refractivity contribution in [2.45, 2.75) is 33.9 Å². The van der Waals surface area contributed by atoms with Gasteiger partial charge in [-0.2, -0.15) is 0 Å². The predicted molar refractivity (Wildman–Crippen MR) is 179 cm³/mol. The van der Waals surface area contributed by atoms with Gasteiger partial charge in [-0.05, 0) is 31.4 Å². The lowest BCUT2D eigenvalue weighted by Crippen LogP contribution is -2.14. The van der Waals surface area contributed by atoms with Crippen molar-refractivity contribution in [3.63, 3.8) is 0 Å². The lowest BCUT2D eigenvalue weighted by molar-refractivity contribution is 0.196. The third kappa shape index (κ3) is 9.86. The normalized spacial score (nSPS) is 14.0. The minimum Gasteiger partial charge on any atom is -0.398 e. The van der Waals surface area contributed by atoms with Crippen LogP contribution in [-0.4, -0.2) is 91.7 Å². The van der Waals surface area contributed by atoms with Gasteiger partial charge in [0.2, 0.25) is 0 Å². The van der Waals surface area contributed by atoms with Crippen LogP contribution in [0.5, 0.6) is 0 Å². The molecule has 50 heavy (non-hydrogen) atoms. The van der Waals surface area contributed by atoms with Gasteiger partial charge in [0.1, 0.15) is 0 Å². The van der Waals surface area contributed by atoms with Crippen LogP contribution >= 0.6 is 23.5 Å². The van der Waals surface area contributed by atoms with Crippen molar-refractivity contribution in [3.8, 4) is 0 Å². The number of rotatable bonds is 18. The Bertz CT molecular complexity index is 2320. The number of phosphoric acid groups is 3. The molecule has 25 heteroatoms. The summed E-state index contributed by atoms with van der Waals surface area (Å²) in [6.07, 6.45) is -1.17. The molecular weight excluding hydrogens is 791 g/mol. The molecule has 0 atom stereocenters. The molecule has 0 unspecified atom stereocenters. The van der Waals surface area contributed by atoms with Gasteiger partial charge in [0.25, 0.3) is 0 Å². The first-order valence-electron chi connectivity index (χ1n) is 14.2. The van der Waals surface area contributed by atoms with Crippen molar-refractivity contribution < 1.29 is 81.9 Å². The second-order valence-corrected chi connectivity index (χ2v) is 20.8. The predicted octanol–water partition coefficient (Wildman–Crippen LogP) is 1.99. The van der Waals surface area contributed by atoms with E-state index >= 15 is 0 Å². The van der Waals surface area contributed by atoms with Crippen molar-refractivity contribution in [2.75, 3.05) is 42.8 Å². The smallest absolute Gasteiger partial charge is 0.398 e. The first-order valence-corrected chi connectivity index (χ1v) is 23.7. The molecule has 0 heterocycles. The molecule has 0 aliphatic heterocycles. The van der Waals surface area contributed by atoms with Gasteiger partial charge in [0.05, 0.1) is 51.8 Å². The maximum absolute atomic E-state index is 13.7. The van der Waals surface area contributed by atoms with E-state index in [2.05, 4.69) is 13.6 Å². The van der Waals surface area contributed by atoms with Crippen LogP contribution in [0.1, 0.15) is 19.3 Å². The highest BCUT2D eigenvalue weighted by Crippen LogP contribution is 2.45. The van der Waals surface area contributed by atoms with Crippen molar-refractivity contribution in [1.29, 1.82) is 0 Å². The molecule has 19 nitrogen and oxygen atoms in total. The summed E-state index contributed by atoms with van der Waals surface area (Å²) < 4.78 is 128. The molecule has 4 aromatic rings. The molecule has 0 aliphatic rings. The molecule has 0 amide bonds. The van der Waals surface area contributed by atoms with E-state index in [1.54, 1.807) is 0 Å². The summed E-state index contributed by atoms with van der Waals surface area (Å²) in [6, 6.07) is 7.36. The molecule has 0 aliphatic carbocycles. The fraction of sp³-hybridized carbons (Fsp3) is 0.360. The van der Waals surface area contributed by atoms with Crippen LogP contribution in [0.3, 0.4) is 0 Å². The Labute approximate surface area is 285 Å². The van der Waals surface area contributed by atoms with E-state index in [1.807, 2.05) is 0 Å². The summed E-state index contributed by atoms with van der Waals surface area (Å²) >= 11 is 0. The van der Waals surface area contributed by atoms with Gasteiger partial charge in [0, 0.05) is 38.0 Å². The van der Waals surface area contributed by atoms with E-state index < -0.39 is 113 Å². The highest BCUT2D eigenvalue weighted by Gasteiger charge is 2.30. The minimum atomic E-state index is -4.93. The fourth-order valence-corrected chi connectivity index (χ4v) is 11.1. The Hall–Kier alpha value is -2.10. The standard InChI is InChI=1S/C25H32NO18P3S3/c26-20-14-21(48(36,37)11-1-8-42-45(27,28)29)17-6-7-19-23(50(40,41)13-3-10-44-47(33,34)35)15-22(18-5-4-16(20)24(17)25(18)19)49(38,39)12-2-9-43-46(30,31)32/h4-7,14-15H,1-3,8-13,26H2,(H2,27,28,29)(H2,30,31,32)(H2,33,34,35). The SMILES string of the molecule is Nc1cc(S(=O)(=O)CCCOP(=O)(O)O)c2ccc3c(S(=O)(=O)CCCOP(=O)(O)O)cc(S(=O)(=O)CCCOP(=O)(O)O)c4ccc1c2c43. The number of nitrogen functional groups attached to an aromatic ring is 1. The van der Waals surface area contributed by atoms with Gasteiger partial charge >= 0.3 is 23.5 Å². The van der Waals surface area contributed by atoms with E-state index in [9.17, 15) is 38.9 Å². The Morgan fingerprint density at radius 3 is 1.10 bits per heavy atom. The van der Waals surface area contributed by atoms with Crippen molar-refractivity contribution in [2.24, 2.45) is 0 Å². The van der Waals surface area contributed by atoms with E-state index in [-0.39, 0.29) is 49.3 Å². The summed E-state index contributed by atoms with van der Waals surface area (Å²) in [5.41, 5.74) is 6.19. The van der Waals surface area contributed by atoms with E-state index in [1.165, 1.54) is 24.3 Å². The second kappa shape index (κ2) is 14.7. The lowest BCUT2D eigenvalue weighted by atomic mass is 9.93. The Morgan fingerprint density at radius 2 is 0.780 bits per heavy atom. The van der Waals surface area contributed by atoms with Crippen LogP contribution in [0.15, 0.2) is 51.1 Å². The Kier molecular flexibility index (Phi) is 12.0. The molecule has 0 fully saturated rings. The number of hydrogen-bond acceptors (Lipinski definition) is 13. The van der Waals surface area contributed by atoms with Crippen molar-refractivity contribution in [3.05, 3.63) is 36.4 Å². The van der Waals surface area contributed by atoms with Gasteiger partial charge in [-0.25, -0.2) is 38.9 Å². The van der Waals surface area contributed by atoms with Crippen molar-refractivity contribution in [1.82, 2.24) is 0 Å². The first-order chi connectivity index (χ1) is 22.8. The van der Waals surface area contributed by atoms with Crippen LogP contribution in [0.2, 0.25) is 0 Å². The molecule has 0 spiro atoms. The van der Waals surface area contributed by atoms with Gasteiger partial charge in [0.15, 0.2) is 29.5 Å². The van der Waals surface area contributed by atoms with Gasteiger partial charge < -0.3 is 35.1 Å². The fourth-order valence-electron chi connectivity index (χ4n) is 5.32. The minimum absolute atomic E-state index is 0.00818. The highest BCUT2D eigenvalue weighted by molar-refractivity contribution is 7.92. The molecule has 0 radical (unpaired) electrons. The maximum Gasteiger partial charge on any atom is 0.469 e. The number of nitrogens with two attached hydrogens (primary N) is 1. The summed E-state index contributed by atoms with van der Waals surface area (Å²) in [5.74, 6) is -2.17. The van der Waals surface area contributed by atoms with Gasteiger partial charge in [-0.15, -0.1) is 0 Å². The summed E-state index contributed by atoms with van der Waals surface area (Å²) in [6.45, 7) is -1.94. The Balaban J connectivity index is 1.94. The number of benzene rings is 4. The molecule has 4 aromatic carbocycles. The zero-order valence-electron chi connectivity index (χ0n) is 25.6. The van der Waals surface area contributed by atoms with Gasteiger partial charge in [-0.3, -0.25) is 13.6 Å². The zero-order chi connectivity index (χ0) is 37.5. The molecule has 0 bridgehead atoms. The third-order valence-corrected chi connectivity index (χ3v) is 14.3. The molecule has 8 N–H and O–H groups in total. The third-order valence-electron chi connectivity index (χ3n) is 7.27. The number of hydrogen-bond donors (Lipinski definition) is 7. The van der Waals surface area contributed by atoms with Gasteiger partial charge in [-0.1, -0.05) is 24.3 Å². The quantitative estimate of drug-likeness (QED) is 0.0326. The second-order valence-electron chi connectivity index (χ2n) is 10.9. The van der Waals surface area contributed by atoms with Crippen LogP contribution in [0.25, 0.3) is 32.3 Å². The Morgan fingerprint density at radius 1 is 0.500 bits per heavy atom. The topological polar surface area (TPSA) is 329 Å². The van der Waals surface area contributed by atoms with Crippen LogP contribution < -0.4 is 5.73 Å². The summed E-state index contributed by atoms with van der Waals surface area (Å²) in [4.78, 5) is 52.2. The highest BCUT2D eigenvalue weighted by atomic mass is 32.2. The summed E-state index contributed by atoms with van der Waals surface area (Å²) in [7, 11) is -27.9. The average Bonchev–Trinajstić information content (AvgIpc) is 2.97. The summed E-state index contributed by atoms with van der Waals surface area (Å²) in [5, 5.41) is 0.235. The average molecular weight is 824 g/mol. The molecule has 0 aromatic heterocycles. The van der Waals surface area contributed by atoms with Crippen LogP contribution in [0, 0.1) is 0 Å². The van der Waals surface area contributed by atoms with Crippen molar-refractivity contribution >= 4 is 91.0 Å². The lowest BCUT2D eigenvalue weighted by Gasteiger charge is -2.20. The van der Waals surface area contributed by atoms with E-state index in [0.29, 0.717) is 0 Å². The van der Waals surface area contributed by atoms with E-state index in [4.69, 9.17) is 35.1 Å². The molecule has 0 saturated carbocycles. The molecule has 278 valence electrons. The number of anilines is 1. The molecular formula is C25H32NO18P3S3. The maximum atomic E-state index is 13.7. The van der Waals surface area contributed by atoms with E-state index in [0.717, 1.165) is 12.1 Å². The zero-order valence-corrected chi connectivity index (χ0v) is 30.7. The molecule has 0 saturated heterocycles.